The Morgan fingerprint density at radius 2 is 2.06 bits per heavy atom. The highest BCUT2D eigenvalue weighted by atomic mass is 35.5. The molecule has 4 nitrogen and oxygen atoms in total. The number of amides is 1. The molecule has 1 aromatic carbocycles. The van der Waals surface area contributed by atoms with Gasteiger partial charge in [-0.05, 0) is 17.7 Å². The van der Waals surface area contributed by atoms with Crippen molar-refractivity contribution in [1.82, 2.24) is 9.78 Å². The highest BCUT2D eigenvalue weighted by molar-refractivity contribution is 6.30. The molecule has 94 valence electrons. The number of anilines is 1. The molecule has 0 saturated heterocycles. The minimum atomic E-state index is -0.0354. The molecule has 1 heterocycles. The van der Waals surface area contributed by atoms with Crippen molar-refractivity contribution in [3.63, 3.8) is 0 Å². The zero-order valence-corrected chi connectivity index (χ0v) is 10.8. The fourth-order valence-electron chi connectivity index (χ4n) is 1.52. The van der Waals surface area contributed by atoms with Gasteiger partial charge in [0.25, 0.3) is 0 Å². The van der Waals surface area contributed by atoms with Crippen molar-refractivity contribution >= 4 is 23.3 Å². The van der Waals surface area contributed by atoms with Gasteiger partial charge in [0.1, 0.15) is 0 Å². The van der Waals surface area contributed by atoms with E-state index in [-0.39, 0.29) is 5.91 Å². The summed E-state index contributed by atoms with van der Waals surface area (Å²) in [7, 11) is 0. The van der Waals surface area contributed by atoms with E-state index in [4.69, 9.17) is 11.6 Å². The summed E-state index contributed by atoms with van der Waals surface area (Å²) in [6.07, 6.45) is 2.28. The SMILES string of the molecule is CCC(=O)Nc1ccn(Cc2ccc(Cl)cc2)n1. The minimum absolute atomic E-state index is 0.0354. The smallest absolute Gasteiger partial charge is 0.225 e. The second kappa shape index (κ2) is 5.69. The van der Waals surface area contributed by atoms with E-state index in [9.17, 15) is 4.79 Å². The van der Waals surface area contributed by atoms with E-state index in [0.29, 0.717) is 18.8 Å². The molecular formula is C13H14ClN3O. The van der Waals surface area contributed by atoms with Crippen LogP contribution in [0.25, 0.3) is 0 Å². The normalized spacial score (nSPS) is 10.3. The summed E-state index contributed by atoms with van der Waals surface area (Å²) in [5, 5.41) is 7.70. The van der Waals surface area contributed by atoms with Gasteiger partial charge in [-0.1, -0.05) is 30.7 Å². The minimum Gasteiger partial charge on any atom is -0.309 e. The molecule has 0 unspecified atom stereocenters. The molecule has 0 saturated carbocycles. The molecular weight excluding hydrogens is 250 g/mol. The number of hydrogen-bond donors (Lipinski definition) is 1. The Morgan fingerprint density at radius 1 is 1.33 bits per heavy atom. The topological polar surface area (TPSA) is 46.9 Å². The van der Waals surface area contributed by atoms with E-state index in [0.717, 1.165) is 10.6 Å². The van der Waals surface area contributed by atoms with Crippen LogP contribution < -0.4 is 5.32 Å². The van der Waals surface area contributed by atoms with Gasteiger partial charge in [-0.2, -0.15) is 5.10 Å². The van der Waals surface area contributed by atoms with Gasteiger partial charge in [0.05, 0.1) is 6.54 Å². The van der Waals surface area contributed by atoms with Crippen LogP contribution in [-0.2, 0) is 11.3 Å². The molecule has 2 aromatic rings. The maximum absolute atomic E-state index is 11.2. The molecule has 0 bridgehead atoms. The number of nitrogens with one attached hydrogen (secondary N) is 1. The van der Waals surface area contributed by atoms with Crippen LogP contribution in [0.15, 0.2) is 36.5 Å². The van der Waals surface area contributed by atoms with Gasteiger partial charge in [-0.25, -0.2) is 0 Å². The van der Waals surface area contributed by atoms with Crippen LogP contribution in [0, 0.1) is 0 Å². The van der Waals surface area contributed by atoms with Crippen molar-refractivity contribution in [2.75, 3.05) is 5.32 Å². The Labute approximate surface area is 111 Å². The van der Waals surface area contributed by atoms with Crippen molar-refractivity contribution in [2.24, 2.45) is 0 Å². The average Bonchev–Trinajstić information content (AvgIpc) is 2.79. The van der Waals surface area contributed by atoms with E-state index < -0.39 is 0 Å². The lowest BCUT2D eigenvalue weighted by Crippen LogP contribution is -2.10. The number of aromatic nitrogens is 2. The molecule has 0 aliphatic heterocycles. The molecule has 0 radical (unpaired) electrons. The largest absolute Gasteiger partial charge is 0.309 e. The Hall–Kier alpha value is -1.81. The van der Waals surface area contributed by atoms with Crippen molar-refractivity contribution in [1.29, 1.82) is 0 Å². The number of rotatable bonds is 4. The summed E-state index contributed by atoms with van der Waals surface area (Å²) in [5.41, 5.74) is 1.11. The maximum atomic E-state index is 11.2. The van der Waals surface area contributed by atoms with Crippen molar-refractivity contribution in [3.8, 4) is 0 Å². The number of carbonyl (C=O) groups excluding carboxylic acids is 1. The van der Waals surface area contributed by atoms with Crippen LogP contribution >= 0.6 is 11.6 Å². The molecule has 1 aromatic heterocycles. The number of benzene rings is 1. The first kappa shape index (κ1) is 12.6. The third-order valence-electron chi connectivity index (χ3n) is 2.49. The van der Waals surface area contributed by atoms with Crippen LogP contribution in [-0.4, -0.2) is 15.7 Å². The maximum Gasteiger partial charge on any atom is 0.225 e. The summed E-state index contributed by atoms with van der Waals surface area (Å²) in [6, 6.07) is 9.38. The monoisotopic (exact) mass is 263 g/mol. The van der Waals surface area contributed by atoms with Gasteiger partial charge < -0.3 is 5.32 Å². The van der Waals surface area contributed by atoms with Gasteiger partial charge >= 0.3 is 0 Å². The molecule has 0 spiro atoms. The molecule has 18 heavy (non-hydrogen) atoms. The average molecular weight is 264 g/mol. The lowest BCUT2D eigenvalue weighted by atomic mass is 10.2. The third-order valence-corrected chi connectivity index (χ3v) is 2.74. The van der Waals surface area contributed by atoms with E-state index in [1.54, 1.807) is 17.7 Å². The Balaban J connectivity index is 2.02. The van der Waals surface area contributed by atoms with Crippen LogP contribution in [0.4, 0.5) is 5.82 Å². The molecule has 5 heteroatoms. The number of hydrogen-bond acceptors (Lipinski definition) is 2. The molecule has 2 rings (SSSR count). The first-order chi connectivity index (χ1) is 8.67. The molecule has 1 amide bonds. The quantitative estimate of drug-likeness (QED) is 0.922. The standard InChI is InChI=1S/C13H14ClN3O/c1-2-13(18)15-12-7-8-17(16-12)9-10-3-5-11(14)6-4-10/h3-8H,2,9H2,1H3,(H,15,16,18). The van der Waals surface area contributed by atoms with Crippen molar-refractivity contribution < 1.29 is 4.79 Å². The number of nitrogens with zero attached hydrogens (tertiary/aromatic N) is 2. The van der Waals surface area contributed by atoms with Crippen LogP contribution in [0.2, 0.25) is 5.02 Å². The van der Waals surface area contributed by atoms with Gasteiger partial charge in [0.2, 0.25) is 5.91 Å². The van der Waals surface area contributed by atoms with Gasteiger partial charge in [0.15, 0.2) is 5.82 Å². The second-order valence-electron chi connectivity index (χ2n) is 3.93. The van der Waals surface area contributed by atoms with Crippen molar-refractivity contribution in [3.05, 3.63) is 47.1 Å². The molecule has 1 N–H and O–H groups in total. The Kier molecular flexibility index (Phi) is 3.99. The first-order valence-electron chi connectivity index (χ1n) is 5.75. The number of halogens is 1. The van der Waals surface area contributed by atoms with Gasteiger partial charge in [-0.15, -0.1) is 0 Å². The van der Waals surface area contributed by atoms with Crippen molar-refractivity contribution in [2.45, 2.75) is 19.9 Å². The highest BCUT2D eigenvalue weighted by Gasteiger charge is 2.03. The highest BCUT2D eigenvalue weighted by Crippen LogP contribution is 2.11. The van der Waals surface area contributed by atoms with E-state index in [1.165, 1.54) is 0 Å². The molecule has 0 atom stereocenters. The molecule has 0 aliphatic rings. The molecule has 0 fully saturated rings. The van der Waals surface area contributed by atoms with Gasteiger partial charge in [0, 0.05) is 23.7 Å². The van der Waals surface area contributed by atoms with Crippen LogP contribution in [0.1, 0.15) is 18.9 Å². The zero-order chi connectivity index (χ0) is 13.0. The lowest BCUT2D eigenvalue weighted by Gasteiger charge is -2.02. The predicted molar refractivity (Wildman–Crippen MR) is 71.7 cm³/mol. The van der Waals surface area contributed by atoms with Gasteiger partial charge in [-0.3, -0.25) is 9.48 Å². The van der Waals surface area contributed by atoms with E-state index >= 15 is 0 Å². The fraction of sp³-hybridized carbons (Fsp3) is 0.231. The van der Waals surface area contributed by atoms with Crippen LogP contribution in [0.5, 0.6) is 0 Å². The lowest BCUT2D eigenvalue weighted by molar-refractivity contribution is -0.115. The van der Waals surface area contributed by atoms with E-state index in [2.05, 4.69) is 10.4 Å². The first-order valence-corrected chi connectivity index (χ1v) is 6.13. The summed E-state index contributed by atoms with van der Waals surface area (Å²) in [4.78, 5) is 11.2. The summed E-state index contributed by atoms with van der Waals surface area (Å²) >= 11 is 5.82. The molecule has 0 aliphatic carbocycles. The zero-order valence-electron chi connectivity index (χ0n) is 10.1. The number of carbonyl (C=O) groups is 1. The summed E-state index contributed by atoms with van der Waals surface area (Å²) in [6.45, 7) is 2.46. The third kappa shape index (κ3) is 3.34. The Morgan fingerprint density at radius 3 is 2.72 bits per heavy atom. The van der Waals surface area contributed by atoms with Crippen LogP contribution in [0.3, 0.4) is 0 Å². The second-order valence-corrected chi connectivity index (χ2v) is 4.36. The summed E-state index contributed by atoms with van der Waals surface area (Å²) in [5.74, 6) is 0.544. The fourth-order valence-corrected chi connectivity index (χ4v) is 1.65. The van der Waals surface area contributed by atoms with E-state index in [1.807, 2.05) is 30.5 Å². The Bertz CT molecular complexity index is 533. The predicted octanol–water partition coefficient (Wildman–Crippen LogP) is 2.93. The summed E-state index contributed by atoms with van der Waals surface area (Å²) < 4.78 is 1.77.